The van der Waals surface area contributed by atoms with Crippen molar-refractivity contribution in [3.05, 3.63) is 363 Å². The van der Waals surface area contributed by atoms with Crippen LogP contribution in [0, 0.1) is 0 Å². The average Bonchev–Trinajstić information content (AvgIpc) is 1.14. The average molecular weight is 1320 g/mol. The summed E-state index contributed by atoms with van der Waals surface area (Å²) in [5.41, 5.74) is 7.44. The molecule has 2 nitrogen and oxygen atoms in total. The highest BCUT2D eigenvalue weighted by atomic mass is 16.3. The van der Waals surface area contributed by atoms with Gasteiger partial charge in [0, 0.05) is 21.5 Å². The number of furan rings is 2. The predicted molar refractivity (Wildman–Crippen MR) is 435 cm³/mol. The summed E-state index contributed by atoms with van der Waals surface area (Å²) in [5.74, 6) is 0. The van der Waals surface area contributed by atoms with Gasteiger partial charge >= 0.3 is 0 Å². The molecular weight excluding hydrogens is 1230 g/mol. The second-order valence-corrected chi connectivity index (χ2v) is 25.4. The predicted octanol–water partition coefficient (Wildman–Crippen LogP) is 28.7. The standard InChI is InChI=1S/2C50H30O/c1-4-16-36-31(12-1)15-11-23-39(36)48-40-19-7-9-21-42(40)49(43-22-10-8-20-41(43)48)45-29-35(28-34-14-3-5-17-37(34)45)33-24-26-44-47(30-33)51-46-27-25-32-13-2-6-18-38(32)50(44)46;1-3-15-34-31(12-1)14-11-23-39(34)48-40-19-7-9-21-42(40)49(43-22-10-8-20-41(43)48)44-28-27-35(37-17-5-6-18-38(37)44)33-24-26-45-47(30-33)51-46-29-25-32-13-2-4-16-36(32)50(45)46/h2*1-30H/i1D,4D,7D,8D,9D,10D,11D,12D,15D,16D,19D,20D,21D,22D,23D;7D,8D,9D,10D,19D,20D,21D,22D. The van der Waals surface area contributed by atoms with Crippen molar-refractivity contribution in [2.45, 2.75) is 0 Å². The molecule has 0 saturated carbocycles. The molecule has 0 amide bonds. The summed E-state index contributed by atoms with van der Waals surface area (Å²) < 4.78 is 223. The molecule has 102 heavy (non-hydrogen) atoms. The van der Waals surface area contributed by atoms with Crippen LogP contribution < -0.4 is 0 Å². The van der Waals surface area contributed by atoms with Crippen LogP contribution >= 0.6 is 0 Å². The SMILES string of the molecule is [2H]c1c([2H])c([2H])c2c(-c3c4c([2H])c([2H])c([2H])c([2H])c4c(-c4cc(-c5ccc6c(c5)oc5ccc7ccccc7c56)cc5ccccc45)c4c([2H])c([2H])c([2H])c([2H])c34)c([2H])c([2H])c([2H])c2c1[2H].[2H]c1c([2H])c([2H])c2c(-c3ccc(-c4ccc5c(c4)oc4ccc6ccccc6c45)c4ccccc34)c3c([2H])c([2H])c([2H])c([2H])c3c(-c3cccc4ccccc34)c2c1[2H]. The summed E-state index contributed by atoms with van der Waals surface area (Å²) in [6.45, 7) is 0. The first-order valence-corrected chi connectivity index (χ1v) is 33.3. The fourth-order valence-corrected chi connectivity index (χ4v) is 15.6. The summed E-state index contributed by atoms with van der Waals surface area (Å²) in [4.78, 5) is 0. The van der Waals surface area contributed by atoms with Crippen LogP contribution in [-0.2, 0) is 0 Å². The Labute approximate surface area is 619 Å². The van der Waals surface area contributed by atoms with Crippen molar-refractivity contribution < 1.29 is 40.4 Å². The molecule has 0 bridgehead atoms. The van der Waals surface area contributed by atoms with E-state index in [1.54, 1.807) is 18.2 Å². The lowest BCUT2D eigenvalue weighted by Gasteiger charge is -2.20. The van der Waals surface area contributed by atoms with Gasteiger partial charge in [0.2, 0.25) is 0 Å². The maximum absolute atomic E-state index is 9.60. The zero-order valence-corrected chi connectivity index (χ0v) is 53.7. The largest absolute Gasteiger partial charge is 0.456 e. The van der Waals surface area contributed by atoms with E-state index in [1.807, 2.05) is 176 Å². The quantitative estimate of drug-likeness (QED) is 0.155. The second-order valence-electron chi connectivity index (χ2n) is 25.4. The Bertz CT molecular complexity index is 8560. The highest BCUT2D eigenvalue weighted by Crippen LogP contribution is 2.51. The monoisotopic (exact) mass is 1320 g/mol. The lowest BCUT2D eigenvalue weighted by molar-refractivity contribution is 0.669. The maximum atomic E-state index is 9.60. The zero-order valence-electron chi connectivity index (χ0n) is 76.7. The molecule has 0 aliphatic heterocycles. The van der Waals surface area contributed by atoms with E-state index in [2.05, 4.69) is 30.3 Å². The molecule has 0 N–H and O–H groups in total. The maximum Gasteiger partial charge on any atom is 0.136 e. The molecule has 472 valence electrons. The van der Waals surface area contributed by atoms with E-state index < -0.39 is 131 Å². The second kappa shape index (κ2) is 23.1. The van der Waals surface area contributed by atoms with E-state index in [1.165, 1.54) is 0 Å². The number of rotatable bonds is 6. The molecule has 22 aromatic rings. The highest BCUT2D eigenvalue weighted by Gasteiger charge is 2.24. The molecule has 0 fully saturated rings. The Kier molecular flexibility index (Phi) is 8.90. The van der Waals surface area contributed by atoms with Crippen LogP contribution in [0.2, 0.25) is 0 Å². The van der Waals surface area contributed by atoms with Crippen molar-refractivity contribution in [2.24, 2.45) is 0 Å². The molecule has 0 unspecified atom stereocenters. The molecule has 22 rings (SSSR count). The minimum absolute atomic E-state index is 0.0260. The van der Waals surface area contributed by atoms with Gasteiger partial charge in [-0.25, -0.2) is 0 Å². The van der Waals surface area contributed by atoms with E-state index in [9.17, 15) is 12.3 Å². The lowest BCUT2D eigenvalue weighted by Crippen LogP contribution is -1.93. The molecule has 0 radical (unpaired) electrons. The van der Waals surface area contributed by atoms with E-state index in [0.29, 0.717) is 60.9 Å². The Balaban J connectivity index is 0.000000154. The molecule has 0 spiro atoms. The van der Waals surface area contributed by atoms with Gasteiger partial charge in [-0.15, -0.1) is 0 Å². The van der Waals surface area contributed by atoms with Gasteiger partial charge in [-0.05, 0) is 223 Å². The number of hydrogen-bond donors (Lipinski definition) is 0. The van der Waals surface area contributed by atoms with Crippen LogP contribution in [0.15, 0.2) is 372 Å². The Morgan fingerprint density at radius 1 is 0.176 bits per heavy atom. The highest BCUT2D eigenvalue weighted by molar-refractivity contribution is 6.29. The van der Waals surface area contributed by atoms with Gasteiger partial charge in [0.15, 0.2) is 0 Å². The number of benzene rings is 20. The number of fused-ring (bicyclic) bond motifs is 18. The minimum atomic E-state index is -0.761. The van der Waals surface area contributed by atoms with Crippen molar-refractivity contribution in [2.75, 3.05) is 0 Å². The first-order valence-electron chi connectivity index (χ1n) is 44.8. The molecule has 2 heteroatoms. The molecule has 0 atom stereocenters. The summed E-state index contributed by atoms with van der Waals surface area (Å²) in [6.07, 6.45) is 0. The van der Waals surface area contributed by atoms with Crippen molar-refractivity contribution in [3.8, 4) is 66.8 Å². The van der Waals surface area contributed by atoms with E-state index in [4.69, 9.17) is 28.0 Å². The van der Waals surface area contributed by atoms with Crippen molar-refractivity contribution in [1.82, 2.24) is 0 Å². The van der Waals surface area contributed by atoms with Gasteiger partial charge in [0.25, 0.3) is 0 Å². The van der Waals surface area contributed by atoms with E-state index >= 15 is 0 Å². The smallest absolute Gasteiger partial charge is 0.136 e. The van der Waals surface area contributed by atoms with Gasteiger partial charge in [-0.1, -0.05) is 315 Å². The van der Waals surface area contributed by atoms with Gasteiger partial charge in [-0.2, -0.15) is 0 Å². The topological polar surface area (TPSA) is 26.3 Å². The molecule has 0 saturated heterocycles. The first kappa shape index (κ1) is 39.3. The van der Waals surface area contributed by atoms with Crippen LogP contribution in [0.5, 0.6) is 0 Å². The summed E-state index contributed by atoms with van der Waals surface area (Å²) >= 11 is 0. The van der Waals surface area contributed by atoms with E-state index in [0.717, 1.165) is 86.9 Å². The molecular formula is C100H60O2. The van der Waals surface area contributed by atoms with Gasteiger partial charge in [0.05, 0.1) is 31.5 Å². The van der Waals surface area contributed by atoms with Gasteiger partial charge in [-0.3, -0.25) is 0 Å². The zero-order chi connectivity index (χ0) is 87.0. The fourth-order valence-electron chi connectivity index (χ4n) is 15.6. The molecule has 20 aromatic carbocycles. The third-order valence-corrected chi connectivity index (χ3v) is 20.1. The van der Waals surface area contributed by atoms with Crippen molar-refractivity contribution >= 4 is 152 Å². The van der Waals surface area contributed by atoms with Crippen LogP contribution in [0.1, 0.15) is 31.5 Å². The van der Waals surface area contributed by atoms with Crippen molar-refractivity contribution in [1.29, 1.82) is 0 Å². The molecule has 2 aromatic heterocycles. The molecule has 0 aliphatic carbocycles. The van der Waals surface area contributed by atoms with Gasteiger partial charge in [0.1, 0.15) is 22.3 Å². The van der Waals surface area contributed by atoms with Crippen LogP contribution in [0.3, 0.4) is 0 Å². The van der Waals surface area contributed by atoms with Crippen molar-refractivity contribution in [3.63, 3.8) is 0 Å². The lowest BCUT2D eigenvalue weighted by atomic mass is 9.83. The third-order valence-electron chi connectivity index (χ3n) is 20.1. The summed E-state index contributed by atoms with van der Waals surface area (Å²) in [5, 5.41) is 11.7. The normalized spacial score (nSPS) is 15.1. The first-order chi connectivity index (χ1) is 60.2. The third kappa shape index (κ3) is 9.00. The van der Waals surface area contributed by atoms with Crippen LogP contribution in [0.25, 0.3) is 218 Å². The summed E-state index contributed by atoms with van der Waals surface area (Å²) in [7, 11) is 0. The van der Waals surface area contributed by atoms with Crippen LogP contribution in [-0.4, -0.2) is 0 Å². The Hall–Kier alpha value is -13.4. The molecule has 2 heterocycles. The number of hydrogen-bond acceptors (Lipinski definition) is 2. The minimum Gasteiger partial charge on any atom is -0.456 e. The fraction of sp³-hybridized carbons (Fsp3) is 0. The molecule has 0 aliphatic rings. The Morgan fingerprint density at radius 3 is 1.11 bits per heavy atom. The van der Waals surface area contributed by atoms with Crippen LogP contribution in [0.4, 0.5) is 0 Å². The summed E-state index contributed by atoms with van der Waals surface area (Å²) in [6, 6.07) is 59.3. The Morgan fingerprint density at radius 2 is 0.559 bits per heavy atom. The van der Waals surface area contributed by atoms with E-state index in [-0.39, 0.29) is 78.4 Å². The van der Waals surface area contributed by atoms with Gasteiger partial charge < -0.3 is 8.83 Å².